The van der Waals surface area contributed by atoms with Gasteiger partial charge in [-0.1, -0.05) is 12.8 Å². The minimum Gasteiger partial charge on any atom is -0.427 e. The highest BCUT2D eigenvalue weighted by atomic mass is 16.4. The third-order valence-corrected chi connectivity index (χ3v) is 4.78. The second kappa shape index (κ2) is 7.94. The van der Waals surface area contributed by atoms with Crippen molar-refractivity contribution in [3.05, 3.63) is 61.2 Å². The zero-order valence-corrected chi connectivity index (χ0v) is 15.1. The largest absolute Gasteiger partial charge is 0.454 e. The molecule has 2 saturated carbocycles. The van der Waals surface area contributed by atoms with Gasteiger partial charge in [0.2, 0.25) is 0 Å². The first-order valence-corrected chi connectivity index (χ1v) is 9.38. The van der Waals surface area contributed by atoms with E-state index < -0.39 is 7.12 Å². The molecule has 0 radical (unpaired) electrons. The van der Waals surface area contributed by atoms with Crippen molar-refractivity contribution in [2.45, 2.75) is 37.5 Å². The van der Waals surface area contributed by atoms with Gasteiger partial charge >= 0.3 is 7.12 Å². The SMILES string of the molecule is OB(O)C1CC1.c1cnc2[nH]ccc2c1.c1cnc2c(c1)ccn2C1CC1. The molecule has 2 fully saturated rings. The fourth-order valence-electron chi connectivity index (χ4n) is 2.91. The van der Waals surface area contributed by atoms with E-state index in [-0.39, 0.29) is 5.82 Å². The first kappa shape index (κ1) is 17.8. The van der Waals surface area contributed by atoms with E-state index in [0.717, 1.165) is 35.6 Å². The van der Waals surface area contributed by atoms with Crippen LogP contribution in [-0.4, -0.2) is 36.7 Å². The van der Waals surface area contributed by atoms with E-state index in [0.29, 0.717) is 0 Å². The Morgan fingerprint density at radius 1 is 0.926 bits per heavy atom. The summed E-state index contributed by atoms with van der Waals surface area (Å²) in [6, 6.07) is 12.9. The lowest BCUT2D eigenvalue weighted by Crippen LogP contribution is -2.09. The summed E-state index contributed by atoms with van der Waals surface area (Å²) in [5.74, 6) is 0.213. The molecule has 4 aromatic heterocycles. The lowest BCUT2D eigenvalue weighted by Gasteiger charge is -1.99. The van der Waals surface area contributed by atoms with Crippen LogP contribution in [0.5, 0.6) is 0 Å². The number of nitrogens with one attached hydrogen (secondary N) is 1. The van der Waals surface area contributed by atoms with E-state index >= 15 is 0 Å². The highest BCUT2D eigenvalue weighted by Crippen LogP contribution is 2.37. The lowest BCUT2D eigenvalue weighted by atomic mass is 9.84. The summed E-state index contributed by atoms with van der Waals surface area (Å²) in [6.07, 6.45) is 12.3. The van der Waals surface area contributed by atoms with Gasteiger partial charge in [-0.15, -0.1) is 0 Å². The fraction of sp³-hybridized carbons (Fsp3) is 0.300. The Kier molecular flexibility index (Phi) is 5.22. The molecule has 2 aliphatic carbocycles. The normalized spacial score (nSPS) is 15.6. The number of hydrogen-bond donors (Lipinski definition) is 3. The third kappa shape index (κ3) is 4.56. The Bertz CT molecular complexity index is 975. The predicted octanol–water partition coefficient (Wildman–Crippen LogP) is 3.56. The highest BCUT2D eigenvalue weighted by molar-refractivity contribution is 6.44. The van der Waals surface area contributed by atoms with Crippen molar-refractivity contribution in [3.8, 4) is 0 Å². The van der Waals surface area contributed by atoms with Crippen molar-refractivity contribution >= 4 is 29.2 Å². The zero-order valence-electron chi connectivity index (χ0n) is 15.1. The van der Waals surface area contributed by atoms with Gasteiger partial charge < -0.3 is 19.6 Å². The number of H-pyrrole nitrogens is 1. The van der Waals surface area contributed by atoms with Crippen molar-refractivity contribution in [2.24, 2.45) is 0 Å². The number of pyridine rings is 2. The molecule has 0 spiro atoms. The quantitative estimate of drug-likeness (QED) is 0.476. The molecule has 0 unspecified atom stereocenters. The number of aromatic amines is 1. The molecule has 3 N–H and O–H groups in total. The fourth-order valence-corrected chi connectivity index (χ4v) is 2.91. The van der Waals surface area contributed by atoms with Crippen molar-refractivity contribution in [2.75, 3.05) is 0 Å². The Hall–Kier alpha value is -2.64. The molecular weight excluding hydrogens is 339 g/mol. The van der Waals surface area contributed by atoms with Crippen molar-refractivity contribution in [1.82, 2.24) is 19.5 Å². The van der Waals surface area contributed by atoms with Gasteiger partial charge in [-0.25, -0.2) is 9.97 Å². The first-order valence-electron chi connectivity index (χ1n) is 9.38. The van der Waals surface area contributed by atoms with Gasteiger partial charge in [0.05, 0.1) is 0 Å². The van der Waals surface area contributed by atoms with Crippen LogP contribution in [0.2, 0.25) is 5.82 Å². The third-order valence-electron chi connectivity index (χ3n) is 4.78. The summed E-state index contributed by atoms with van der Waals surface area (Å²) in [5.41, 5.74) is 2.09. The maximum Gasteiger partial charge on any atom is 0.454 e. The lowest BCUT2D eigenvalue weighted by molar-refractivity contribution is 0.403. The average Bonchev–Trinajstić information content (AvgIpc) is 3.63. The maximum absolute atomic E-state index is 8.25. The minimum absolute atomic E-state index is 0.213. The molecule has 27 heavy (non-hydrogen) atoms. The Morgan fingerprint density at radius 3 is 2.30 bits per heavy atom. The van der Waals surface area contributed by atoms with Crippen LogP contribution < -0.4 is 0 Å². The molecule has 0 aromatic carbocycles. The molecule has 2 aliphatic rings. The van der Waals surface area contributed by atoms with Crippen LogP contribution in [0.1, 0.15) is 31.7 Å². The molecule has 0 amide bonds. The molecule has 7 heteroatoms. The maximum atomic E-state index is 8.25. The standard InChI is InChI=1S/C10H10N2.C7H6N2.C3H7BO2/c1-2-8-5-7-12(9-3-4-9)10(8)11-6-1;1-2-6-3-5-9-7(6)8-4-1;5-4(6)3-1-2-3/h1-2,5-7,9H,3-4H2;1-5H,(H,8,9);3,5-6H,1-2H2. The van der Waals surface area contributed by atoms with Crippen LogP contribution in [0.25, 0.3) is 22.1 Å². The van der Waals surface area contributed by atoms with Crippen LogP contribution >= 0.6 is 0 Å². The first-order chi connectivity index (χ1) is 13.2. The predicted molar refractivity (Wildman–Crippen MR) is 107 cm³/mol. The van der Waals surface area contributed by atoms with Crippen molar-refractivity contribution in [3.63, 3.8) is 0 Å². The molecule has 0 saturated heterocycles. The number of aromatic nitrogens is 4. The topological polar surface area (TPSA) is 87.0 Å². The summed E-state index contributed by atoms with van der Waals surface area (Å²) >= 11 is 0. The number of nitrogens with zero attached hydrogens (tertiary/aromatic N) is 3. The Balaban J connectivity index is 0.000000106. The van der Waals surface area contributed by atoms with E-state index in [1.54, 1.807) is 6.20 Å². The van der Waals surface area contributed by atoms with Crippen molar-refractivity contribution < 1.29 is 10.0 Å². The number of hydrogen-bond acceptors (Lipinski definition) is 4. The van der Waals surface area contributed by atoms with E-state index in [2.05, 4.69) is 37.8 Å². The van der Waals surface area contributed by atoms with Gasteiger partial charge in [-0.05, 0) is 55.1 Å². The van der Waals surface area contributed by atoms with Gasteiger partial charge in [0.25, 0.3) is 0 Å². The van der Waals surface area contributed by atoms with E-state index in [9.17, 15) is 0 Å². The van der Waals surface area contributed by atoms with Gasteiger partial charge in [0.15, 0.2) is 0 Å². The van der Waals surface area contributed by atoms with Crippen molar-refractivity contribution in [1.29, 1.82) is 0 Å². The number of fused-ring (bicyclic) bond motifs is 2. The molecule has 138 valence electrons. The highest BCUT2D eigenvalue weighted by Gasteiger charge is 2.33. The molecule has 0 aliphatic heterocycles. The smallest absolute Gasteiger partial charge is 0.427 e. The summed E-state index contributed by atoms with van der Waals surface area (Å²) in [7, 11) is -1.04. The molecule has 0 bridgehead atoms. The van der Waals surface area contributed by atoms with Gasteiger partial charge in [0, 0.05) is 41.6 Å². The zero-order chi connectivity index (χ0) is 18.6. The van der Waals surface area contributed by atoms with Crippen LogP contribution in [-0.2, 0) is 0 Å². The van der Waals surface area contributed by atoms with Crippen LogP contribution in [0.3, 0.4) is 0 Å². The monoisotopic (exact) mass is 362 g/mol. The number of rotatable bonds is 2. The molecule has 6 nitrogen and oxygen atoms in total. The summed E-state index contributed by atoms with van der Waals surface area (Å²) < 4.78 is 2.29. The second-order valence-corrected chi connectivity index (χ2v) is 7.04. The Morgan fingerprint density at radius 2 is 1.67 bits per heavy atom. The van der Waals surface area contributed by atoms with Crippen LogP contribution in [0, 0.1) is 0 Å². The van der Waals surface area contributed by atoms with E-state index in [1.807, 2.05) is 36.7 Å². The van der Waals surface area contributed by atoms with Gasteiger partial charge in [-0.2, -0.15) is 0 Å². The second-order valence-electron chi connectivity index (χ2n) is 7.04. The molecule has 4 aromatic rings. The molecular formula is C20H23BN4O2. The molecule has 6 rings (SSSR count). The molecule has 0 atom stereocenters. The minimum atomic E-state index is -1.04. The summed E-state index contributed by atoms with van der Waals surface area (Å²) in [6.45, 7) is 0. The van der Waals surface area contributed by atoms with E-state index in [4.69, 9.17) is 10.0 Å². The van der Waals surface area contributed by atoms with Crippen LogP contribution in [0.15, 0.2) is 61.2 Å². The summed E-state index contributed by atoms with van der Waals surface area (Å²) in [5, 5.41) is 18.9. The van der Waals surface area contributed by atoms with Gasteiger partial charge in [-0.3, -0.25) is 0 Å². The van der Waals surface area contributed by atoms with Crippen LogP contribution in [0.4, 0.5) is 0 Å². The van der Waals surface area contributed by atoms with Gasteiger partial charge in [0.1, 0.15) is 11.3 Å². The van der Waals surface area contributed by atoms with E-state index in [1.165, 1.54) is 18.2 Å². The Labute approximate surface area is 158 Å². The average molecular weight is 362 g/mol. The summed E-state index contributed by atoms with van der Waals surface area (Å²) in [4.78, 5) is 11.5. The molecule has 4 heterocycles.